The smallest absolute Gasteiger partial charge is 0.237 e. The first-order chi connectivity index (χ1) is 9.94. The number of sulfonamides is 1. The highest BCUT2D eigenvalue weighted by molar-refractivity contribution is 7.90. The first kappa shape index (κ1) is 16.0. The number of carbonyl (C=O) groups is 1. The number of benzene rings is 1. The van der Waals surface area contributed by atoms with Gasteiger partial charge in [0.15, 0.2) is 0 Å². The van der Waals surface area contributed by atoms with Gasteiger partial charge in [-0.2, -0.15) is 0 Å². The first-order valence-electron chi connectivity index (χ1n) is 7.15. The second-order valence-corrected chi connectivity index (χ2v) is 7.22. The molecule has 1 fully saturated rings. The standard InChI is InChI=1S/C15H21NO4S/c1-12-5-7-13(8-6-12)10-15(17)16-21(18,19)11-14-4-2-3-9-20-14/h5-8,14H,2-4,9-11H2,1H3,(H,16,17). The van der Waals surface area contributed by atoms with Crippen LogP contribution >= 0.6 is 0 Å². The Morgan fingerprint density at radius 3 is 2.62 bits per heavy atom. The molecular weight excluding hydrogens is 290 g/mol. The van der Waals surface area contributed by atoms with E-state index in [4.69, 9.17) is 4.74 Å². The molecule has 1 aliphatic heterocycles. The third-order valence-corrected chi connectivity index (χ3v) is 4.78. The minimum Gasteiger partial charge on any atom is -0.377 e. The molecule has 0 saturated carbocycles. The van der Waals surface area contributed by atoms with Crippen LogP contribution in [-0.4, -0.2) is 32.8 Å². The predicted octanol–water partition coefficient (Wildman–Crippen LogP) is 1.55. The normalized spacial score (nSPS) is 19.2. The topological polar surface area (TPSA) is 72.5 Å². The maximum Gasteiger partial charge on any atom is 0.237 e. The van der Waals surface area contributed by atoms with Crippen molar-refractivity contribution in [1.82, 2.24) is 4.72 Å². The quantitative estimate of drug-likeness (QED) is 0.895. The van der Waals surface area contributed by atoms with Crippen LogP contribution in [0.3, 0.4) is 0 Å². The van der Waals surface area contributed by atoms with Gasteiger partial charge < -0.3 is 4.74 Å². The van der Waals surface area contributed by atoms with E-state index in [0.717, 1.165) is 30.4 Å². The van der Waals surface area contributed by atoms with Crippen molar-refractivity contribution >= 4 is 15.9 Å². The van der Waals surface area contributed by atoms with Crippen LogP contribution in [0.5, 0.6) is 0 Å². The summed E-state index contributed by atoms with van der Waals surface area (Å²) in [5.41, 5.74) is 1.89. The molecule has 21 heavy (non-hydrogen) atoms. The second-order valence-electron chi connectivity index (χ2n) is 5.46. The Morgan fingerprint density at radius 1 is 1.29 bits per heavy atom. The molecule has 0 aromatic heterocycles. The minimum atomic E-state index is -3.63. The number of hydrogen-bond donors (Lipinski definition) is 1. The Balaban J connectivity index is 1.86. The van der Waals surface area contributed by atoms with Crippen molar-refractivity contribution < 1.29 is 17.9 Å². The van der Waals surface area contributed by atoms with Gasteiger partial charge in [-0.1, -0.05) is 29.8 Å². The van der Waals surface area contributed by atoms with Gasteiger partial charge in [0.25, 0.3) is 0 Å². The summed E-state index contributed by atoms with van der Waals surface area (Å²) in [4.78, 5) is 11.8. The van der Waals surface area contributed by atoms with Gasteiger partial charge in [0.1, 0.15) is 0 Å². The van der Waals surface area contributed by atoms with E-state index in [1.165, 1.54) is 0 Å². The fourth-order valence-electron chi connectivity index (χ4n) is 2.33. The van der Waals surface area contributed by atoms with Crippen molar-refractivity contribution in [2.45, 2.75) is 38.7 Å². The summed E-state index contributed by atoms with van der Waals surface area (Å²) in [6.45, 7) is 2.55. The number of ether oxygens (including phenoxy) is 1. The van der Waals surface area contributed by atoms with Crippen molar-refractivity contribution in [2.75, 3.05) is 12.4 Å². The molecule has 5 nitrogen and oxygen atoms in total. The van der Waals surface area contributed by atoms with E-state index in [1.54, 1.807) is 0 Å². The van der Waals surface area contributed by atoms with E-state index in [-0.39, 0.29) is 18.3 Å². The van der Waals surface area contributed by atoms with E-state index in [2.05, 4.69) is 4.72 Å². The molecule has 6 heteroatoms. The minimum absolute atomic E-state index is 0.0605. The molecule has 1 aromatic carbocycles. The van der Waals surface area contributed by atoms with Crippen LogP contribution in [0.2, 0.25) is 0 Å². The lowest BCUT2D eigenvalue weighted by molar-refractivity contribution is -0.118. The molecule has 1 unspecified atom stereocenters. The number of aryl methyl sites for hydroxylation is 1. The van der Waals surface area contributed by atoms with E-state index < -0.39 is 15.9 Å². The Morgan fingerprint density at radius 2 is 2.00 bits per heavy atom. The van der Waals surface area contributed by atoms with E-state index >= 15 is 0 Å². The Hall–Kier alpha value is -1.40. The summed E-state index contributed by atoms with van der Waals surface area (Å²) >= 11 is 0. The summed E-state index contributed by atoms with van der Waals surface area (Å²) in [5.74, 6) is -0.651. The van der Waals surface area contributed by atoms with Gasteiger partial charge in [0, 0.05) is 6.61 Å². The zero-order valence-corrected chi connectivity index (χ0v) is 13.0. The summed E-state index contributed by atoms with van der Waals surface area (Å²) in [6, 6.07) is 7.44. The largest absolute Gasteiger partial charge is 0.377 e. The van der Waals surface area contributed by atoms with Crippen LogP contribution < -0.4 is 4.72 Å². The number of nitrogens with one attached hydrogen (secondary N) is 1. The lowest BCUT2D eigenvalue weighted by Gasteiger charge is -2.22. The molecule has 1 aromatic rings. The van der Waals surface area contributed by atoms with Crippen molar-refractivity contribution in [3.05, 3.63) is 35.4 Å². The molecule has 1 amide bonds. The van der Waals surface area contributed by atoms with Gasteiger partial charge in [0.05, 0.1) is 18.3 Å². The lowest BCUT2D eigenvalue weighted by Crippen LogP contribution is -2.38. The third-order valence-electron chi connectivity index (χ3n) is 3.43. The average Bonchev–Trinajstić information content (AvgIpc) is 2.41. The van der Waals surface area contributed by atoms with Crippen LogP contribution in [0, 0.1) is 6.92 Å². The maximum absolute atomic E-state index is 11.9. The first-order valence-corrected chi connectivity index (χ1v) is 8.80. The highest BCUT2D eigenvalue weighted by Crippen LogP contribution is 2.14. The average molecular weight is 311 g/mol. The fourth-order valence-corrected chi connectivity index (χ4v) is 3.58. The molecule has 2 rings (SSSR count). The van der Waals surface area contributed by atoms with Crippen LogP contribution in [0.25, 0.3) is 0 Å². The summed E-state index contributed by atoms with van der Waals surface area (Å²) in [7, 11) is -3.63. The van der Waals surface area contributed by atoms with E-state index in [0.29, 0.717) is 6.61 Å². The molecule has 0 radical (unpaired) electrons. The molecule has 1 aliphatic rings. The van der Waals surface area contributed by atoms with Crippen LogP contribution in [0.1, 0.15) is 30.4 Å². The number of carbonyl (C=O) groups excluding carboxylic acids is 1. The van der Waals surface area contributed by atoms with Crippen LogP contribution in [0.15, 0.2) is 24.3 Å². The van der Waals surface area contributed by atoms with Crippen molar-refractivity contribution in [3.8, 4) is 0 Å². The predicted molar refractivity (Wildman–Crippen MR) is 80.4 cm³/mol. The van der Waals surface area contributed by atoms with Crippen molar-refractivity contribution in [3.63, 3.8) is 0 Å². The van der Waals surface area contributed by atoms with Gasteiger partial charge in [-0.05, 0) is 31.7 Å². The highest BCUT2D eigenvalue weighted by Gasteiger charge is 2.23. The Kier molecular flexibility index (Phi) is 5.36. The third kappa shape index (κ3) is 5.47. The summed E-state index contributed by atoms with van der Waals surface area (Å²) < 4.78 is 31.4. The molecule has 1 saturated heterocycles. The van der Waals surface area contributed by atoms with E-state index in [1.807, 2.05) is 31.2 Å². The number of rotatable bonds is 5. The van der Waals surface area contributed by atoms with Gasteiger partial charge in [-0.3, -0.25) is 9.52 Å². The lowest BCUT2D eigenvalue weighted by atomic mass is 10.1. The number of hydrogen-bond acceptors (Lipinski definition) is 4. The summed E-state index contributed by atoms with van der Waals surface area (Å²) in [5, 5.41) is 0. The molecule has 0 aliphatic carbocycles. The van der Waals surface area contributed by atoms with E-state index in [9.17, 15) is 13.2 Å². The monoisotopic (exact) mass is 311 g/mol. The zero-order chi connectivity index (χ0) is 15.3. The van der Waals surface area contributed by atoms with Gasteiger partial charge >= 0.3 is 0 Å². The SMILES string of the molecule is Cc1ccc(CC(=O)NS(=O)(=O)CC2CCCCO2)cc1. The van der Waals surface area contributed by atoms with Crippen LogP contribution in [0.4, 0.5) is 0 Å². The van der Waals surface area contributed by atoms with Gasteiger partial charge in [-0.25, -0.2) is 8.42 Å². The van der Waals surface area contributed by atoms with Gasteiger partial charge in [-0.15, -0.1) is 0 Å². The highest BCUT2D eigenvalue weighted by atomic mass is 32.2. The van der Waals surface area contributed by atoms with Crippen molar-refractivity contribution in [1.29, 1.82) is 0 Å². The molecule has 0 bridgehead atoms. The fraction of sp³-hybridized carbons (Fsp3) is 0.533. The number of amides is 1. The van der Waals surface area contributed by atoms with Crippen LogP contribution in [-0.2, 0) is 26.0 Å². The molecule has 0 spiro atoms. The molecule has 1 atom stereocenters. The zero-order valence-electron chi connectivity index (χ0n) is 12.2. The van der Waals surface area contributed by atoms with Crippen molar-refractivity contribution in [2.24, 2.45) is 0 Å². The second kappa shape index (κ2) is 7.04. The van der Waals surface area contributed by atoms with Gasteiger partial charge in [0.2, 0.25) is 15.9 Å². The molecule has 1 N–H and O–H groups in total. The Bertz CT molecular complexity index is 574. The molecule has 116 valence electrons. The molecule has 1 heterocycles. The Labute approximate surface area is 125 Å². The maximum atomic E-state index is 11.9. The molecular formula is C15H21NO4S. The summed E-state index contributed by atoms with van der Waals surface area (Å²) in [6.07, 6.45) is 2.43.